The molecule has 156 valence electrons. The molecule has 2 N–H and O–H groups in total. The molecular formula is C20H23FN2O5S. The number of amides is 1. The average molecular weight is 422 g/mol. The van der Waals surface area contributed by atoms with Crippen molar-refractivity contribution in [1.82, 2.24) is 5.32 Å². The lowest BCUT2D eigenvalue weighted by atomic mass is 10.0. The highest BCUT2D eigenvalue weighted by Crippen LogP contribution is 2.17. The molecule has 0 aliphatic heterocycles. The topological polar surface area (TPSA) is 102 Å². The third kappa shape index (κ3) is 6.28. The van der Waals surface area contributed by atoms with Gasteiger partial charge in [-0.15, -0.1) is 0 Å². The Labute approximate surface area is 169 Å². The first-order valence-electron chi connectivity index (χ1n) is 8.89. The van der Waals surface area contributed by atoms with E-state index in [0.29, 0.717) is 6.42 Å². The zero-order valence-electron chi connectivity index (χ0n) is 16.3. The van der Waals surface area contributed by atoms with Gasteiger partial charge in [-0.05, 0) is 60.9 Å². The lowest BCUT2D eigenvalue weighted by molar-refractivity contribution is -0.143. The lowest BCUT2D eigenvalue weighted by Gasteiger charge is -2.18. The van der Waals surface area contributed by atoms with Gasteiger partial charge in [0.1, 0.15) is 11.9 Å². The molecule has 0 aliphatic rings. The first-order valence-corrected chi connectivity index (χ1v) is 10.4. The number of benzene rings is 2. The standard InChI is InChI=1S/C20H23FN2O5S/c1-13(2)12-18(20(25)28-3)22-19(24)14-4-10-17(11-5-14)29(26,27)23-16-8-6-15(21)7-9-16/h4-11,13,18,23H,12H2,1-3H3,(H,22,24). The van der Waals surface area contributed by atoms with Crippen molar-refractivity contribution in [3.63, 3.8) is 0 Å². The largest absolute Gasteiger partial charge is 0.467 e. The van der Waals surface area contributed by atoms with Gasteiger partial charge < -0.3 is 10.1 Å². The maximum Gasteiger partial charge on any atom is 0.328 e. The van der Waals surface area contributed by atoms with Gasteiger partial charge in [-0.2, -0.15) is 0 Å². The molecule has 7 nitrogen and oxygen atoms in total. The lowest BCUT2D eigenvalue weighted by Crippen LogP contribution is -2.42. The molecule has 0 fully saturated rings. The van der Waals surface area contributed by atoms with Crippen molar-refractivity contribution in [2.24, 2.45) is 5.92 Å². The predicted octanol–water partition coefficient (Wildman–Crippen LogP) is 2.94. The first kappa shape index (κ1) is 22.4. The second kappa shape index (κ2) is 9.51. The molecule has 0 spiro atoms. The minimum atomic E-state index is -3.90. The van der Waals surface area contributed by atoms with Crippen LogP contribution in [0.1, 0.15) is 30.6 Å². The average Bonchev–Trinajstić information content (AvgIpc) is 2.68. The summed E-state index contributed by atoms with van der Waals surface area (Å²) in [5, 5.41) is 2.60. The number of rotatable bonds is 8. The molecule has 0 aromatic heterocycles. The van der Waals surface area contributed by atoms with Crippen LogP contribution in [-0.4, -0.2) is 33.4 Å². The van der Waals surface area contributed by atoms with Crippen molar-refractivity contribution < 1.29 is 27.1 Å². The van der Waals surface area contributed by atoms with E-state index in [1.54, 1.807) is 0 Å². The van der Waals surface area contributed by atoms with Crippen LogP contribution in [0.2, 0.25) is 0 Å². The SMILES string of the molecule is COC(=O)C(CC(C)C)NC(=O)c1ccc(S(=O)(=O)Nc2ccc(F)cc2)cc1. The van der Waals surface area contributed by atoms with Gasteiger partial charge in [-0.1, -0.05) is 13.8 Å². The number of nitrogens with one attached hydrogen (secondary N) is 2. The maximum atomic E-state index is 13.0. The van der Waals surface area contributed by atoms with E-state index in [1.807, 2.05) is 13.8 Å². The molecule has 0 heterocycles. The van der Waals surface area contributed by atoms with Crippen molar-refractivity contribution in [2.75, 3.05) is 11.8 Å². The zero-order chi connectivity index (χ0) is 21.6. The number of hydrogen-bond acceptors (Lipinski definition) is 5. The molecule has 1 amide bonds. The Morgan fingerprint density at radius 1 is 1.03 bits per heavy atom. The maximum absolute atomic E-state index is 13.0. The summed E-state index contributed by atoms with van der Waals surface area (Å²) < 4.78 is 44.9. The molecule has 0 bridgehead atoms. The van der Waals surface area contributed by atoms with Crippen LogP contribution in [0.5, 0.6) is 0 Å². The number of esters is 1. The number of anilines is 1. The normalized spacial score (nSPS) is 12.3. The summed E-state index contributed by atoms with van der Waals surface area (Å²) in [6, 6.07) is 9.33. The molecule has 1 unspecified atom stereocenters. The summed E-state index contributed by atoms with van der Waals surface area (Å²) in [6.45, 7) is 3.83. The third-order valence-electron chi connectivity index (χ3n) is 4.02. The Morgan fingerprint density at radius 3 is 2.14 bits per heavy atom. The van der Waals surface area contributed by atoms with Gasteiger partial charge in [0.25, 0.3) is 15.9 Å². The smallest absolute Gasteiger partial charge is 0.328 e. The van der Waals surface area contributed by atoms with Gasteiger partial charge in [-0.3, -0.25) is 9.52 Å². The van der Waals surface area contributed by atoms with E-state index in [9.17, 15) is 22.4 Å². The summed E-state index contributed by atoms with van der Waals surface area (Å²) >= 11 is 0. The molecule has 1 atom stereocenters. The van der Waals surface area contributed by atoms with E-state index in [0.717, 1.165) is 12.1 Å². The number of carbonyl (C=O) groups is 2. The van der Waals surface area contributed by atoms with Crippen LogP contribution in [0.3, 0.4) is 0 Å². The van der Waals surface area contributed by atoms with Crippen molar-refractivity contribution in [3.8, 4) is 0 Å². The van der Waals surface area contributed by atoms with Crippen LogP contribution < -0.4 is 10.0 Å². The highest BCUT2D eigenvalue weighted by molar-refractivity contribution is 7.92. The highest BCUT2D eigenvalue weighted by Gasteiger charge is 2.23. The molecular weight excluding hydrogens is 399 g/mol. The fourth-order valence-electron chi connectivity index (χ4n) is 2.59. The number of ether oxygens (including phenoxy) is 1. The summed E-state index contributed by atoms with van der Waals surface area (Å²) in [4.78, 5) is 24.2. The van der Waals surface area contributed by atoms with Crippen LogP contribution in [0.25, 0.3) is 0 Å². The Balaban J connectivity index is 2.12. The monoisotopic (exact) mass is 422 g/mol. The van der Waals surface area contributed by atoms with Crippen molar-refractivity contribution >= 4 is 27.6 Å². The zero-order valence-corrected chi connectivity index (χ0v) is 17.1. The Hall–Kier alpha value is -2.94. The second-order valence-corrected chi connectivity index (χ2v) is 8.50. The van der Waals surface area contributed by atoms with Gasteiger partial charge in [0, 0.05) is 11.3 Å². The van der Waals surface area contributed by atoms with Crippen LogP contribution in [0.4, 0.5) is 10.1 Å². The molecule has 2 aromatic rings. The number of sulfonamides is 1. The summed E-state index contributed by atoms with van der Waals surface area (Å²) in [7, 11) is -2.66. The Kier molecular flexibility index (Phi) is 7.33. The summed E-state index contributed by atoms with van der Waals surface area (Å²) in [5.74, 6) is -1.39. The molecule has 0 aliphatic carbocycles. The minimum Gasteiger partial charge on any atom is -0.467 e. The highest BCUT2D eigenvalue weighted by atomic mass is 32.2. The van der Waals surface area contributed by atoms with E-state index in [4.69, 9.17) is 4.74 Å². The van der Waals surface area contributed by atoms with Crippen molar-refractivity contribution in [3.05, 3.63) is 59.9 Å². The molecule has 0 saturated heterocycles. The predicted molar refractivity (Wildman–Crippen MR) is 106 cm³/mol. The van der Waals surface area contributed by atoms with Crippen LogP contribution >= 0.6 is 0 Å². The van der Waals surface area contributed by atoms with E-state index in [2.05, 4.69) is 10.0 Å². The van der Waals surface area contributed by atoms with Gasteiger partial charge in [-0.25, -0.2) is 17.6 Å². The molecule has 2 aromatic carbocycles. The minimum absolute atomic E-state index is 0.0647. The fraction of sp³-hybridized carbons (Fsp3) is 0.300. The summed E-state index contributed by atoms with van der Waals surface area (Å²) in [5.41, 5.74) is 0.409. The van der Waals surface area contributed by atoms with Crippen molar-refractivity contribution in [2.45, 2.75) is 31.2 Å². The van der Waals surface area contributed by atoms with E-state index < -0.39 is 33.8 Å². The Bertz CT molecular complexity index is 957. The summed E-state index contributed by atoms with van der Waals surface area (Å²) in [6.07, 6.45) is 0.409. The molecule has 2 rings (SSSR count). The van der Waals surface area contributed by atoms with E-state index in [-0.39, 0.29) is 22.1 Å². The van der Waals surface area contributed by atoms with Gasteiger partial charge in [0.05, 0.1) is 12.0 Å². The first-order chi connectivity index (χ1) is 13.6. The third-order valence-corrected chi connectivity index (χ3v) is 5.42. The van der Waals surface area contributed by atoms with E-state index >= 15 is 0 Å². The van der Waals surface area contributed by atoms with Crippen LogP contribution in [0.15, 0.2) is 53.4 Å². The molecule has 0 radical (unpaired) electrons. The number of halogens is 1. The van der Waals surface area contributed by atoms with E-state index in [1.165, 1.54) is 43.5 Å². The molecule has 9 heteroatoms. The van der Waals surface area contributed by atoms with Crippen molar-refractivity contribution in [1.29, 1.82) is 0 Å². The van der Waals surface area contributed by atoms with Gasteiger partial charge in [0.15, 0.2) is 0 Å². The Morgan fingerprint density at radius 2 is 1.62 bits per heavy atom. The quantitative estimate of drug-likeness (QED) is 0.637. The molecule has 29 heavy (non-hydrogen) atoms. The number of carbonyl (C=O) groups excluding carboxylic acids is 2. The number of hydrogen-bond donors (Lipinski definition) is 2. The number of methoxy groups -OCH3 is 1. The van der Waals surface area contributed by atoms with Crippen LogP contribution in [-0.2, 0) is 19.6 Å². The van der Waals surface area contributed by atoms with Gasteiger partial charge in [0.2, 0.25) is 0 Å². The molecule has 0 saturated carbocycles. The second-order valence-electron chi connectivity index (χ2n) is 6.82. The van der Waals surface area contributed by atoms with Crippen LogP contribution in [0, 0.1) is 11.7 Å². The fourth-order valence-corrected chi connectivity index (χ4v) is 3.65. The van der Waals surface area contributed by atoms with Gasteiger partial charge >= 0.3 is 5.97 Å².